The summed E-state index contributed by atoms with van der Waals surface area (Å²) in [6.45, 7) is 10.9. The number of aryl methyl sites for hydroxylation is 1. The number of hydrogen-bond donors (Lipinski definition) is 1. The SMILES string of the molecule is CCCS(=O)(=O)Nc1cc(N2CCN(CC)CC2)cc(-c2ccccc2C)c1Cl. The smallest absolute Gasteiger partial charge is 0.232 e. The van der Waals surface area contributed by atoms with E-state index in [2.05, 4.69) is 27.5 Å². The van der Waals surface area contributed by atoms with Crippen molar-refractivity contribution in [2.45, 2.75) is 27.2 Å². The molecule has 0 unspecified atom stereocenters. The first kappa shape index (κ1) is 21.9. The first-order valence-electron chi connectivity index (χ1n) is 10.2. The van der Waals surface area contributed by atoms with Gasteiger partial charge in [0, 0.05) is 37.4 Å². The summed E-state index contributed by atoms with van der Waals surface area (Å²) in [5.74, 6) is 0.0719. The highest BCUT2D eigenvalue weighted by molar-refractivity contribution is 7.92. The minimum Gasteiger partial charge on any atom is -0.369 e. The second-order valence-electron chi connectivity index (χ2n) is 7.51. The quantitative estimate of drug-likeness (QED) is 0.690. The molecule has 1 N–H and O–H groups in total. The molecule has 0 amide bonds. The molecule has 0 radical (unpaired) electrons. The van der Waals surface area contributed by atoms with Crippen LogP contribution in [0, 0.1) is 6.92 Å². The molecule has 158 valence electrons. The summed E-state index contributed by atoms with van der Waals surface area (Å²) in [7, 11) is -3.44. The molecule has 5 nitrogen and oxygen atoms in total. The van der Waals surface area contributed by atoms with Crippen LogP contribution in [-0.4, -0.2) is 51.8 Å². The summed E-state index contributed by atoms with van der Waals surface area (Å²) in [5.41, 5.74) is 4.42. The van der Waals surface area contributed by atoms with Crippen molar-refractivity contribution in [1.82, 2.24) is 4.90 Å². The van der Waals surface area contributed by atoms with Gasteiger partial charge < -0.3 is 9.80 Å². The number of likely N-dealkylation sites (N-methyl/N-ethyl adjacent to an activating group) is 1. The van der Waals surface area contributed by atoms with Crippen LogP contribution in [0.5, 0.6) is 0 Å². The maximum absolute atomic E-state index is 12.4. The lowest BCUT2D eigenvalue weighted by Gasteiger charge is -2.36. The van der Waals surface area contributed by atoms with Crippen molar-refractivity contribution in [3.05, 3.63) is 47.0 Å². The molecule has 0 bridgehead atoms. The topological polar surface area (TPSA) is 52.7 Å². The molecule has 2 aromatic rings. The summed E-state index contributed by atoms with van der Waals surface area (Å²) in [6.07, 6.45) is 0.552. The van der Waals surface area contributed by atoms with Crippen LogP contribution in [0.3, 0.4) is 0 Å². The van der Waals surface area contributed by atoms with Crippen molar-refractivity contribution in [1.29, 1.82) is 0 Å². The Kier molecular flexibility index (Phi) is 7.09. The van der Waals surface area contributed by atoms with Crippen LogP contribution >= 0.6 is 11.6 Å². The van der Waals surface area contributed by atoms with Gasteiger partial charge in [-0.1, -0.05) is 49.7 Å². The number of benzene rings is 2. The molecule has 0 aliphatic carbocycles. The van der Waals surface area contributed by atoms with Crippen molar-refractivity contribution in [2.75, 3.05) is 48.1 Å². The van der Waals surface area contributed by atoms with Crippen LogP contribution in [-0.2, 0) is 10.0 Å². The Morgan fingerprint density at radius 3 is 2.34 bits per heavy atom. The molecule has 2 aromatic carbocycles. The van der Waals surface area contributed by atoms with E-state index < -0.39 is 10.0 Å². The Balaban J connectivity index is 2.06. The number of rotatable bonds is 7. The van der Waals surface area contributed by atoms with Crippen molar-refractivity contribution < 1.29 is 8.42 Å². The number of hydrogen-bond acceptors (Lipinski definition) is 4. The predicted molar refractivity (Wildman–Crippen MR) is 124 cm³/mol. The van der Waals surface area contributed by atoms with Crippen LogP contribution < -0.4 is 9.62 Å². The zero-order valence-corrected chi connectivity index (χ0v) is 19.0. The normalized spacial score (nSPS) is 15.5. The van der Waals surface area contributed by atoms with Crippen LogP contribution in [0.15, 0.2) is 36.4 Å². The number of nitrogens with one attached hydrogen (secondary N) is 1. The van der Waals surface area contributed by atoms with E-state index in [1.807, 2.05) is 44.2 Å². The average molecular weight is 436 g/mol. The Hall–Kier alpha value is -1.76. The molecule has 0 atom stereocenters. The highest BCUT2D eigenvalue weighted by atomic mass is 35.5. The summed E-state index contributed by atoms with van der Waals surface area (Å²) in [6, 6.07) is 12.0. The van der Waals surface area contributed by atoms with E-state index >= 15 is 0 Å². The molecule has 3 rings (SSSR count). The average Bonchev–Trinajstić information content (AvgIpc) is 2.70. The molecular formula is C22H30ClN3O2S. The highest BCUT2D eigenvalue weighted by Crippen LogP contribution is 2.40. The van der Waals surface area contributed by atoms with Crippen molar-refractivity contribution in [2.24, 2.45) is 0 Å². The fourth-order valence-electron chi connectivity index (χ4n) is 3.75. The van der Waals surface area contributed by atoms with Gasteiger partial charge in [-0.05, 0) is 43.1 Å². The number of piperazine rings is 1. The van der Waals surface area contributed by atoms with Crippen LogP contribution in [0.25, 0.3) is 11.1 Å². The third-order valence-corrected chi connectivity index (χ3v) is 7.30. The molecule has 7 heteroatoms. The maximum atomic E-state index is 12.4. The van der Waals surface area contributed by atoms with Gasteiger partial charge in [-0.15, -0.1) is 0 Å². The molecule has 1 fully saturated rings. The molecule has 1 heterocycles. The Bertz CT molecular complexity index is 955. The van der Waals surface area contributed by atoms with E-state index in [0.29, 0.717) is 17.1 Å². The predicted octanol–water partition coefficient (Wildman–Crippen LogP) is 4.61. The number of halogens is 1. The fourth-order valence-corrected chi connectivity index (χ4v) is 5.20. The lowest BCUT2D eigenvalue weighted by Crippen LogP contribution is -2.46. The van der Waals surface area contributed by atoms with Gasteiger partial charge >= 0.3 is 0 Å². The van der Waals surface area contributed by atoms with E-state index in [0.717, 1.165) is 55.1 Å². The summed E-state index contributed by atoms with van der Waals surface area (Å²) < 4.78 is 27.6. The van der Waals surface area contributed by atoms with Crippen LogP contribution in [0.2, 0.25) is 5.02 Å². The van der Waals surface area contributed by atoms with Gasteiger partial charge in [0.05, 0.1) is 16.5 Å². The minimum atomic E-state index is -3.44. The van der Waals surface area contributed by atoms with Crippen LogP contribution in [0.1, 0.15) is 25.8 Å². The van der Waals surface area contributed by atoms with E-state index in [1.54, 1.807) is 0 Å². The second-order valence-corrected chi connectivity index (χ2v) is 9.73. The van der Waals surface area contributed by atoms with Crippen molar-refractivity contribution in [3.8, 4) is 11.1 Å². The van der Waals surface area contributed by atoms with Crippen molar-refractivity contribution >= 4 is 33.0 Å². The standard InChI is InChI=1S/C22H30ClN3O2S/c1-4-14-29(27,28)24-21-16-18(26-12-10-25(5-2)11-13-26)15-20(22(21)23)19-9-7-6-8-17(19)3/h6-9,15-16,24H,4-5,10-14H2,1-3H3. The molecule has 1 aliphatic rings. The Morgan fingerprint density at radius 1 is 1.03 bits per heavy atom. The van der Waals surface area contributed by atoms with Gasteiger partial charge in [0.2, 0.25) is 10.0 Å². The van der Waals surface area contributed by atoms with E-state index in [4.69, 9.17) is 11.6 Å². The summed E-state index contributed by atoms with van der Waals surface area (Å²) in [4.78, 5) is 4.72. The Labute approximate surface area is 179 Å². The van der Waals surface area contributed by atoms with Gasteiger partial charge in [-0.25, -0.2) is 8.42 Å². The van der Waals surface area contributed by atoms with Gasteiger partial charge in [0.25, 0.3) is 0 Å². The third kappa shape index (κ3) is 5.24. The van der Waals surface area contributed by atoms with Crippen LogP contribution in [0.4, 0.5) is 11.4 Å². The van der Waals surface area contributed by atoms with Gasteiger partial charge in [-0.2, -0.15) is 0 Å². The molecule has 29 heavy (non-hydrogen) atoms. The third-order valence-electron chi connectivity index (χ3n) is 5.42. The number of sulfonamides is 1. The highest BCUT2D eigenvalue weighted by Gasteiger charge is 2.21. The number of anilines is 2. The van der Waals surface area contributed by atoms with E-state index in [1.165, 1.54) is 0 Å². The molecular weight excluding hydrogens is 406 g/mol. The lowest BCUT2D eigenvalue weighted by molar-refractivity contribution is 0.271. The molecule has 0 saturated carbocycles. The van der Waals surface area contributed by atoms with Gasteiger partial charge in [0.15, 0.2) is 0 Å². The van der Waals surface area contributed by atoms with E-state index in [-0.39, 0.29) is 5.75 Å². The lowest BCUT2D eigenvalue weighted by atomic mass is 9.99. The maximum Gasteiger partial charge on any atom is 0.232 e. The molecule has 0 aromatic heterocycles. The molecule has 0 spiro atoms. The van der Waals surface area contributed by atoms with Gasteiger partial charge in [0.1, 0.15) is 0 Å². The zero-order valence-electron chi connectivity index (χ0n) is 17.4. The monoisotopic (exact) mass is 435 g/mol. The largest absolute Gasteiger partial charge is 0.369 e. The minimum absolute atomic E-state index is 0.0719. The summed E-state index contributed by atoms with van der Waals surface area (Å²) in [5, 5.41) is 0.440. The zero-order chi connectivity index (χ0) is 21.0. The van der Waals surface area contributed by atoms with Crippen molar-refractivity contribution in [3.63, 3.8) is 0 Å². The number of nitrogens with zero attached hydrogens (tertiary/aromatic N) is 2. The fraction of sp³-hybridized carbons (Fsp3) is 0.455. The first-order chi connectivity index (χ1) is 13.8. The van der Waals surface area contributed by atoms with E-state index in [9.17, 15) is 8.42 Å². The van der Waals surface area contributed by atoms with Gasteiger partial charge in [-0.3, -0.25) is 4.72 Å². The second kappa shape index (κ2) is 9.37. The first-order valence-corrected chi connectivity index (χ1v) is 12.2. The summed E-state index contributed by atoms with van der Waals surface area (Å²) >= 11 is 6.72. The Morgan fingerprint density at radius 2 is 1.72 bits per heavy atom. The molecule has 1 aliphatic heterocycles. The molecule has 1 saturated heterocycles.